The average molecular weight is 417 g/mol. The number of ether oxygens (including phenoxy) is 1. The molecule has 4 aromatic rings. The average Bonchev–Trinajstić information content (AvgIpc) is 3.13. The zero-order valence-electron chi connectivity index (χ0n) is 14.5. The molecule has 1 atom stereocenters. The highest BCUT2D eigenvalue weighted by Gasteiger charge is 2.24. The molecule has 28 heavy (non-hydrogen) atoms. The number of fused-ring (bicyclic) bond motifs is 1. The Morgan fingerprint density at radius 1 is 1.11 bits per heavy atom. The van der Waals surface area contributed by atoms with Crippen LogP contribution >= 0.6 is 23.2 Å². The SMILES string of the molecule is OC(c1c(F)ccc(OCc2ccc(Cl)cc2)c1Cl)c1c[nH]c2ncccc12. The Hall–Kier alpha value is -2.60. The lowest BCUT2D eigenvalue weighted by molar-refractivity contribution is 0.215. The summed E-state index contributed by atoms with van der Waals surface area (Å²) in [6.45, 7) is 0.231. The van der Waals surface area contributed by atoms with Gasteiger partial charge in [0.15, 0.2) is 0 Å². The van der Waals surface area contributed by atoms with E-state index in [1.54, 1.807) is 36.7 Å². The number of aromatic amines is 1. The molecule has 4 rings (SSSR count). The topological polar surface area (TPSA) is 58.1 Å². The molecule has 0 aliphatic heterocycles. The summed E-state index contributed by atoms with van der Waals surface area (Å²) < 4.78 is 20.3. The molecule has 0 aliphatic carbocycles. The van der Waals surface area contributed by atoms with Gasteiger partial charge < -0.3 is 14.8 Å². The second-order valence-electron chi connectivity index (χ2n) is 6.23. The molecule has 0 radical (unpaired) electrons. The number of pyridine rings is 1. The zero-order valence-corrected chi connectivity index (χ0v) is 16.0. The summed E-state index contributed by atoms with van der Waals surface area (Å²) in [6.07, 6.45) is 1.96. The molecular weight excluding hydrogens is 402 g/mol. The smallest absolute Gasteiger partial charge is 0.139 e. The molecule has 2 heterocycles. The molecule has 0 amide bonds. The van der Waals surface area contributed by atoms with E-state index < -0.39 is 11.9 Å². The maximum atomic E-state index is 14.5. The van der Waals surface area contributed by atoms with Gasteiger partial charge >= 0.3 is 0 Å². The number of nitrogens with one attached hydrogen (secondary N) is 1. The van der Waals surface area contributed by atoms with E-state index in [4.69, 9.17) is 27.9 Å². The molecular formula is C21H15Cl2FN2O2. The van der Waals surface area contributed by atoms with E-state index >= 15 is 0 Å². The molecule has 2 aromatic carbocycles. The van der Waals surface area contributed by atoms with Crippen molar-refractivity contribution < 1.29 is 14.2 Å². The molecule has 0 spiro atoms. The van der Waals surface area contributed by atoms with Crippen LogP contribution in [0.1, 0.15) is 22.8 Å². The van der Waals surface area contributed by atoms with Crippen LogP contribution in [0.25, 0.3) is 11.0 Å². The zero-order chi connectivity index (χ0) is 19.7. The normalized spacial score (nSPS) is 12.3. The number of nitrogens with zero attached hydrogens (tertiary/aromatic N) is 1. The van der Waals surface area contributed by atoms with Crippen molar-refractivity contribution in [2.75, 3.05) is 0 Å². The van der Waals surface area contributed by atoms with Crippen LogP contribution in [0.4, 0.5) is 4.39 Å². The highest BCUT2D eigenvalue weighted by atomic mass is 35.5. The lowest BCUT2D eigenvalue weighted by atomic mass is 10.0. The first kappa shape index (κ1) is 18.7. The van der Waals surface area contributed by atoms with Gasteiger partial charge in [-0.1, -0.05) is 35.3 Å². The summed E-state index contributed by atoms with van der Waals surface area (Å²) in [5, 5.41) is 12.2. The Morgan fingerprint density at radius 3 is 2.68 bits per heavy atom. The minimum atomic E-state index is -1.27. The number of hydrogen-bond acceptors (Lipinski definition) is 3. The lowest BCUT2D eigenvalue weighted by Gasteiger charge is -2.16. The second kappa shape index (κ2) is 7.80. The van der Waals surface area contributed by atoms with Gasteiger partial charge in [-0.3, -0.25) is 0 Å². The van der Waals surface area contributed by atoms with Crippen molar-refractivity contribution in [2.24, 2.45) is 0 Å². The van der Waals surface area contributed by atoms with E-state index in [1.165, 1.54) is 12.1 Å². The predicted octanol–water partition coefficient (Wildman–Crippen LogP) is 5.67. The minimum absolute atomic E-state index is 0.0275. The van der Waals surface area contributed by atoms with Crippen molar-refractivity contribution in [3.8, 4) is 5.75 Å². The van der Waals surface area contributed by atoms with Gasteiger partial charge in [0.1, 0.15) is 29.9 Å². The summed E-state index contributed by atoms with van der Waals surface area (Å²) in [5.74, 6) is -0.334. The fourth-order valence-corrected chi connectivity index (χ4v) is 3.45. The van der Waals surface area contributed by atoms with Gasteiger partial charge in [0.2, 0.25) is 0 Å². The molecule has 0 aliphatic rings. The van der Waals surface area contributed by atoms with Gasteiger partial charge in [-0.05, 0) is 42.0 Å². The van der Waals surface area contributed by atoms with Gasteiger partial charge in [0, 0.05) is 33.9 Å². The number of hydrogen-bond donors (Lipinski definition) is 2. The number of rotatable bonds is 5. The van der Waals surface area contributed by atoms with Crippen LogP contribution in [-0.2, 0) is 6.61 Å². The summed E-state index contributed by atoms with van der Waals surface area (Å²) in [5.41, 5.74) is 1.93. The third-order valence-corrected chi connectivity index (χ3v) is 5.09. The molecule has 0 bridgehead atoms. The van der Waals surface area contributed by atoms with Crippen molar-refractivity contribution in [2.45, 2.75) is 12.7 Å². The van der Waals surface area contributed by atoms with E-state index in [0.717, 1.165) is 5.56 Å². The number of halogens is 3. The molecule has 2 aromatic heterocycles. The number of aromatic nitrogens is 2. The largest absolute Gasteiger partial charge is 0.487 e. The van der Waals surface area contributed by atoms with Crippen molar-refractivity contribution in [1.82, 2.24) is 9.97 Å². The van der Waals surface area contributed by atoms with Crippen LogP contribution in [0.3, 0.4) is 0 Å². The van der Waals surface area contributed by atoms with Crippen molar-refractivity contribution in [1.29, 1.82) is 0 Å². The highest BCUT2D eigenvalue weighted by molar-refractivity contribution is 6.33. The van der Waals surface area contributed by atoms with Crippen molar-refractivity contribution in [3.63, 3.8) is 0 Å². The monoisotopic (exact) mass is 416 g/mol. The number of benzene rings is 2. The van der Waals surface area contributed by atoms with E-state index in [-0.39, 0.29) is 22.9 Å². The quantitative estimate of drug-likeness (QED) is 0.440. The molecule has 1 unspecified atom stereocenters. The maximum absolute atomic E-state index is 14.5. The van der Waals surface area contributed by atoms with Crippen LogP contribution in [0.5, 0.6) is 5.75 Å². The van der Waals surface area contributed by atoms with Gasteiger partial charge in [-0.2, -0.15) is 0 Å². The lowest BCUT2D eigenvalue weighted by Crippen LogP contribution is -2.05. The Morgan fingerprint density at radius 2 is 1.89 bits per heavy atom. The summed E-state index contributed by atoms with van der Waals surface area (Å²) in [6, 6.07) is 13.4. The molecule has 4 nitrogen and oxygen atoms in total. The van der Waals surface area contributed by atoms with Gasteiger partial charge in [-0.25, -0.2) is 9.37 Å². The predicted molar refractivity (Wildman–Crippen MR) is 107 cm³/mol. The maximum Gasteiger partial charge on any atom is 0.139 e. The fourth-order valence-electron chi connectivity index (χ4n) is 3.01. The third kappa shape index (κ3) is 3.56. The molecule has 0 saturated heterocycles. The van der Waals surface area contributed by atoms with Crippen molar-refractivity contribution >= 4 is 34.2 Å². The third-order valence-electron chi connectivity index (χ3n) is 4.45. The first-order valence-electron chi connectivity index (χ1n) is 8.50. The standard InChI is InChI=1S/C21H15Cl2FN2O2/c22-13-5-3-12(4-6-13)11-28-17-8-7-16(24)18(19(17)23)20(27)15-10-26-21-14(15)2-1-9-25-21/h1-10,20,27H,11H2,(H,25,26). The Bertz CT molecular complexity index is 1130. The van der Waals surface area contributed by atoms with E-state index in [1.807, 2.05) is 12.1 Å². The van der Waals surface area contributed by atoms with Crippen molar-refractivity contribution in [3.05, 3.63) is 93.5 Å². The Kier molecular flexibility index (Phi) is 5.22. The van der Waals surface area contributed by atoms with Gasteiger partial charge in [0.05, 0.1) is 5.02 Å². The van der Waals surface area contributed by atoms with Crippen LogP contribution in [0.15, 0.2) is 60.9 Å². The van der Waals surface area contributed by atoms with Gasteiger partial charge in [-0.15, -0.1) is 0 Å². The number of aliphatic hydroxyl groups excluding tert-OH is 1. The second-order valence-corrected chi connectivity index (χ2v) is 7.05. The number of aliphatic hydroxyl groups is 1. The molecule has 142 valence electrons. The van der Waals surface area contributed by atoms with Crippen LogP contribution in [0, 0.1) is 5.82 Å². The summed E-state index contributed by atoms with van der Waals surface area (Å²) in [7, 11) is 0. The Balaban J connectivity index is 1.65. The molecule has 0 saturated carbocycles. The van der Waals surface area contributed by atoms with E-state index in [2.05, 4.69) is 9.97 Å². The highest BCUT2D eigenvalue weighted by Crippen LogP contribution is 2.38. The first-order chi connectivity index (χ1) is 13.5. The van der Waals surface area contributed by atoms with Crippen LogP contribution in [0.2, 0.25) is 10.0 Å². The summed E-state index contributed by atoms with van der Waals surface area (Å²) >= 11 is 12.3. The first-order valence-corrected chi connectivity index (χ1v) is 9.25. The van der Waals surface area contributed by atoms with E-state index in [0.29, 0.717) is 21.6 Å². The minimum Gasteiger partial charge on any atom is -0.487 e. The summed E-state index contributed by atoms with van der Waals surface area (Å²) in [4.78, 5) is 7.15. The fraction of sp³-hybridized carbons (Fsp3) is 0.0952. The molecule has 0 fully saturated rings. The Labute approximate surface area is 170 Å². The molecule has 2 N–H and O–H groups in total. The van der Waals surface area contributed by atoms with Crippen LogP contribution in [-0.4, -0.2) is 15.1 Å². The molecule has 7 heteroatoms. The van der Waals surface area contributed by atoms with Gasteiger partial charge in [0.25, 0.3) is 0 Å². The van der Waals surface area contributed by atoms with E-state index in [9.17, 15) is 9.50 Å². The number of H-pyrrole nitrogens is 1. The van der Waals surface area contributed by atoms with Crippen LogP contribution < -0.4 is 4.74 Å².